The Morgan fingerprint density at radius 3 is 1.78 bits per heavy atom. The molecule has 0 radical (unpaired) electrons. The van der Waals surface area contributed by atoms with Crippen molar-refractivity contribution < 1.29 is 0 Å². The second-order valence-electron chi connectivity index (χ2n) is 15.0. The summed E-state index contributed by atoms with van der Waals surface area (Å²) >= 11 is 0. The molecule has 3 aromatic heterocycles. The lowest BCUT2D eigenvalue weighted by Crippen LogP contribution is -1.99. The lowest BCUT2D eigenvalue weighted by Gasteiger charge is -2.15. The molecule has 12 aromatic rings. The molecule has 0 saturated carbocycles. The molecule has 3 heterocycles. The highest BCUT2D eigenvalue weighted by Gasteiger charge is 2.22. The van der Waals surface area contributed by atoms with Crippen LogP contribution in [0.15, 0.2) is 206 Å². The molecule has 4 heteroatoms. The number of nitrogens with zero attached hydrogens (tertiary/aromatic N) is 4. The fourth-order valence-electron chi connectivity index (χ4n) is 9.07. The van der Waals surface area contributed by atoms with Crippen LogP contribution in [-0.2, 0) is 0 Å². The Labute approximate surface area is 334 Å². The van der Waals surface area contributed by atoms with Crippen molar-refractivity contribution in [1.82, 2.24) is 19.1 Å². The van der Waals surface area contributed by atoms with E-state index in [-0.39, 0.29) is 0 Å². The van der Waals surface area contributed by atoms with Crippen LogP contribution in [0.1, 0.15) is 0 Å². The smallest absolute Gasteiger partial charge is 0.160 e. The van der Waals surface area contributed by atoms with E-state index in [1.165, 1.54) is 43.4 Å². The van der Waals surface area contributed by atoms with E-state index < -0.39 is 0 Å². The van der Waals surface area contributed by atoms with Crippen molar-refractivity contribution in [3.05, 3.63) is 206 Å². The maximum Gasteiger partial charge on any atom is 0.160 e. The number of hydrogen-bond donors (Lipinski definition) is 0. The largest absolute Gasteiger partial charge is 0.309 e. The van der Waals surface area contributed by atoms with Gasteiger partial charge in [-0.2, -0.15) is 0 Å². The summed E-state index contributed by atoms with van der Waals surface area (Å²) in [6.45, 7) is 0. The number of fused-ring (bicyclic) bond motifs is 9. The van der Waals surface area contributed by atoms with Crippen molar-refractivity contribution in [2.75, 3.05) is 0 Å². The standard InChI is InChI=1S/C54H34N4/c1-3-16-36(17-4-1)54-55-47(39-28-27-35-15-7-8-18-37(35)31-39)34-48(56-54)46-33-41(32-38-19-9-10-22-42(38)46)57-50-26-14-12-24-45(50)52-51(57)30-29-44-43-23-11-13-25-49(43)58(53(44)52)40-20-5-2-6-21-40/h1-34H. The molecule has 0 aliphatic carbocycles. The summed E-state index contributed by atoms with van der Waals surface area (Å²) in [7, 11) is 0. The first-order valence-corrected chi connectivity index (χ1v) is 19.7. The molecule has 4 nitrogen and oxygen atoms in total. The fourth-order valence-corrected chi connectivity index (χ4v) is 9.07. The van der Waals surface area contributed by atoms with Gasteiger partial charge in [0.05, 0.1) is 33.5 Å². The Kier molecular flexibility index (Phi) is 7.20. The molecular formula is C54H34N4. The minimum Gasteiger partial charge on any atom is -0.309 e. The Morgan fingerprint density at radius 2 is 0.966 bits per heavy atom. The maximum absolute atomic E-state index is 5.35. The molecule has 9 aromatic carbocycles. The van der Waals surface area contributed by atoms with Gasteiger partial charge in [0.1, 0.15) is 0 Å². The van der Waals surface area contributed by atoms with Gasteiger partial charge in [-0.1, -0.05) is 152 Å². The zero-order valence-electron chi connectivity index (χ0n) is 31.4. The Balaban J connectivity index is 1.15. The number of hydrogen-bond acceptors (Lipinski definition) is 2. The SMILES string of the molecule is c1ccc(-c2nc(-c3ccc4ccccc4c3)cc(-c3cc(-n4c5ccccc5c5c4ccc4c6ccccc6n(-c6ccccc6)c45)cc4ccccc34)n2)cc1. The summed E-state index contributed by atoms with van der Waals surface area (Å²) in [5.41, 5.74) is 11.8. The predicted octanol–water partition coefficient (Wildman–Crippen LogP) is 14.0. The molecule has 0 amide bonds. The number of para-hydroxylation sites is 3. The van der Waals surface area contributed by atoms with E-state index >= 15 is 0 Å². The summed E-state index contributed by atoms with van der Waals surface area (Å²) in [6, 6.07) is 73.8. The molecule has 0 atom stereocenters. The van der Waals surface area contributed by atoms with E-state index in [4.69, 9.17) is 9.97 Å². The Hall–Kier alpha value is -7.82. The van der Waals surface area contributed by atoms with Gasteiger partial charge in [-0.05, 0) is 76.1 Å². The number of rotatable bonds is 5. The summed E-state index contributed by atoms with van der Waals surface area (Å²) in [5, 5.41) is 9.60. The minimum atomic E-state index is 0.698. The van der Waals surface area contributed by atoms with Crippen LogP contribution < -0.4 is 0 Å². The molecule has 0 fully saturated rings. The monoisotopic (exact) mass is 738 g/mol. The van der Waals surface area contributed by atoms with Crippen molar-refractivity contribution in [2.24, 2.45) is 0 Å². The zero-order chi connectivity index (χ0) is 38.2. The summed E-state index contributed by atoms with van der Waals surface area (Å²) in [4.78, 5) is 10.5. The van der Waals surface area contributed by atoms with Gasteiger partial charge < -0.3 is 9.13 Å². The summed E-state index contributed by atoms with van der Waals surface area (Å²) in [5.74, 6) is 0.698. The molecular weight excluding hydrogens is 705 g/mol. The van der Waals surface area contributed by atoms with Crippen LogP contribution in [0.5, 0.6) is 0 Å². The third-order valence-corrected chi connectivity index (χ3v) is 11.7. The molecule has 270 valence electrons. The van der Waals surface area contributed by atoms with Gasteiger partial charge in [0.25, 0.3) is 0 Å². The first kappa shape index (κ1) is 32.4. The van der Waals surface area contributed by atoms with E-state index in [0.717, 1.165) is 61.3 Å². The van der Waals surface area contributed by atoms with E-state index in [0.29, 0.717) is 5.82 Å². The van der Waals surface area contributed by atoms with Gasteiger partial charge in [0.2, 0.25) is 0 Å². The Morgan fingerprint density at radius 1 is 0.328 bits per heavy atom. The highest BCUT2D eigenvalue weighted by molar-refractivity contribution is 6.26. The molecule has 12 rings (SSSR count). The molecule has 0 spiro atoms. The highest BCUT2D eigenvalue weighted by Crippen LogP contribution is 2.43. The highest BCUT2D eigenvalue weighted by atomic mass is 15.0. The second-order valence-corrected chi connectivity index (χ2v) is 15.0. The van der Waals surface area contributed by atoms with Crippen LogP contribution in [0.4, 0.5) is 0 Å². The third-order valence-electron chi connectivity index (χ3n) is 11.7. The molecule has 0 N–H and O–H groups in total. The summed E-state index contributed by atoms with van der Waals surface area (Å²) < 4.78 is 4.88. The van der Waals surface area contributed by atoms with Crippen molar-refractivity contribution in [3.8, 4) is 45.3 Å². The van der Waals surface area contributed by atoms with Gasteiger partial charge in [-0.3, -0.25) is 0 Å². The van der Waals surface area contributed by atoms with Crippen LogP contribution in [-0.4, -0.2) is 19.1 Å². The van der Waals surface area contributed by atoms with Crippen molar-refractivity contribution in [3.63, 3.8) is 0 Å². The molecule has 0 unspecified atom stereocenters. The molecule has 0 aliphatic rings. The Bertz CT molecular complexity index is 3560. The number of benzene rings is 9. The quantitative estimate of drug-likeness (QED) is 0.176. The third kappa shape index (κ3) is 5.02. The van der Waals surface area contributed by atoms with Gasteiger partial charge in [0.15, 0.2) is 5.82 Å². The summed E-state index contributed by atoms with van der Waals surface area (Å²) in [6.07, 6.45) is 0. The van der Waals surface area contributed by atoms with E-state index in [1.807, 2.05) is 18.2 Å². The van der Waals surface area contributed by atoms with Gasteiger partial charge in [0, 0.05) is 49.6 Å². The molecule has 0 saturated heterocycles. The van der Waals surface area contributed by atoms with Crippen molar-refractivity contribution in [2.45, 2.75) is 0 Å². The first-order chi connectivity index (χ1) is 28.8. The lowest BCUT2D eigenvalue weighted by atomic mass is 9.98. The normalized spacial score (nSPS) is 11.8. The van der Waals surface area contributed by atoms with Crippen LogP contribution >= 0.6 is 0 Å². The fraction of sp³-hybridized carbons (Fsp3) is 0. The van der Waals surface area contributed by atoms with Crippen molar-refractivity contribution >= 4 is 65.2 Å². The van der Waals surface area contributed by atoms with E-state index in [2.05, 4.69) is 197 Å². The molecule has 0 aliphatic heterocycles. The molecule has 58 heavy (non-hydrogen) atoms. The van der Waals surface area contributed by atoms with Crippen LogP contribution in [0.25, 0.3) is 110 Å². The van der Waals surface area contributed by atoms with Crippen LogP contribution in [0.3, 0.4) is 0 Å². The van der Waals surface area contributed by atoms with E-state index in [9.17, 15) is 0 Å². The minimum absolute atomic E-state index is 0.698. The second kappa shape index (κ2) is 12.9. The van der Waals surface area contributed by atoms with Crippen LogP contribution in [0.2, 0.25) is 0 Å². The van der Waals surface area contributed by atoms with Gasteiger partial charge in [-0.25, -0.2) is 9.97 Å². The van der Waals surface area contributed by atoms with Gasteiger partial charge in [-0.15, -0.1) is 0 Å². The first-order valence-electron chi connectivity index (χ1n) is 19.7. The topological polar surface area (TPSA) is 35.6 Å². The zero-order valence-corrected chi connectivity index (χ0v) is 31.4. The average molecular weight is 739 g/mol. The maximum atomic E-state index is 5.35. The predicted molar refractivity (Wildman–Crippen MR) is 242 cm³/mol. The van der Waals surface area contributed by atoms with Crippen molar-refractivity contribution in [1.29, 1.82) is 0 Å². The van der Waals surface area contributed by atoms with Gasteiger partial charge >= 0.3 is 0 Å². The lowest BCUT2D eigenvalue weighted by molar-refractivity contribution is 1.17. The van der Waals surface area contributed by atoms with E-state index in [1.54, 1.807) is 0 Å². The average Bonchev–Trinajstić information content (AvgIpc) is 3.82. The number of aromatic nitrogens is 4. The molecule has 0 bridgehead atoms. The van der Waals surface area contributed by atoms with Crippen LogP contribution in [0, 0.1) is 0 Å².